The van der Waals surface area contributed by atoms with Crippen LogP contribution in [0.15, 0.2) is 36.4 Å². The first-order valence-corrected chi connectivity index (χ1v) is 15.6. The number of anilines is 1. The molecule has 0 aromatic heterocycles. The number of benzene rings is 2. The minimum Gasteiger partial charge on any atom is -0.495 e. The number of hydrazine groups is 1. The molecule has 2 aromatic rings. The first-order valence-electron chi connectivity index (χ1n) is 15.6. The number of aryl methyl sites for hydroxylation is 1. The topological polar surface area (TPSA) is 112 Å². The first kappa shape index (κ1) is 33.8. The van der Waals surface area contributed by atoms with Crippen molar-refractivity contribution in [3.8, 4) is 5.75 Å². The number of hydrogen-bond acceptors (Lipinski definition) is 8. The average molecular weight is 622 g/mol. The summed E-state index contributed by atoms with van der Waals surface area (Å²) in [6.07, 6.45) is 1.61. The van der Waals surface area contributed by atoms with Gasteiger partial charge in [0.25, 0.3) is 5.91 Å². The molecule has 11 heteroatoms. The van der Waals surface area contributed by atoms with Gasteiger partial charge in [0.1, 0.15) is 17.9 Å². The van der Waals surface area contributed by atoms with Crippen LogP contribution in [0.5, 0.6) is 5.75 Å². The Labute approximate surface area is 266 Å². The van der Waals surface area contributed by atoms with Crippen LogP contribution in [0.2, 0.25) is 0 Å². The number of rotatable bonds is 11. The summed E-state index contributed by atoms with van der Waals surface area (Å²) >= 11 is 0. The van der Waals surface area contributed by atoms with Crippen LogP contribution in [0.3, 0.4) is 0 Å². The molecule has 0 unspecified atom stereocenters. The molecule has 244 valence electrons. The predicted molar refractivity (Wildman–Crippen MR) is 172 cm³/mol. The first-order chi connectivity index (χ1) is 21.3. The lowest BCUT2D eigenvalue weighted by Crippen LogP contribution is -2.51. The highest BCUT2D eigenvalue weighted by molar-refractivity contribution is 6.00. The van der Waals surface area contributed by atoms with Crippen LogP contribution in [0.1, 0.15) is 74.5 Å². The Bertz CT molecular complexity index is 1390. The van der Waals surface area contributed by atoms with Gasteiger partial charge in [0.15, 0.2) is 5.78 Å². The van der Waals surface area contributed by atoms with Crippen molar-refractivity contribution in [2.24, 2.45) is 0 Å². The number of fused-ring (bicyclic) bond motifs is 2. The van der Waals surface area contributed by atoms with Crippen LogP contribution >= 0.6 is 0 Å². The summed E-state index contributed by atoms with van der Waals surface area (Å²) in [5, 5.41) is 6.66. The molecule has 4 rings (SSSR count). The molecule has 1 heterocycles. The Hall–Kier alpha value is -4.12. The second-order valence-electron chi connectivity index (χ2n) is 12.9. The minimum atomic E-state index is -0.676. The molecule has 0 saturated heterocycles. The SMILES string of the molecule is COc1cc2c(cc1NCC(=O)N(CCN(C(=O)OC(C)(C)C)C(C)C)CC(=O)N(C)N1Cc3ccccc3C1)C(=O)CCC2. The predicted octanol–water partition coefficient (Wildman–Crippen LogP) is 4.49. The third kappa shape index (κ3) is 8.54. The van der Waals surface area contributed by atoms with E-state index in [1.807, 2.05) is 37.1 Å². The van der Waals surface area contributed by atoms with E-state index in [1.165, 1.54) is 4.90 Å². The molecule has 2 aromatic carbocycles. The number of nitrogens with zero attached hydrogens (tertiary/aromatic N) is 4. The molecule has 0 spiro atoms. The molecule has 0 atom stereocenters. The monoisotopic (exact) mass is 621 g/mol. The molecule has 0 fully saturated rings. The van der Waals surface area contributed by atoms with E-state index in [-0.39, 0.29) is 49.8 Å². The van der Waals surface area contributed by atoms with Gasteiger partial charge in [-0.1, -0.05) is 24.3 Å². The van der Waals surface area contributed by atoms with Crippen molar-refractivity contribution < 1.29 is 28.7 Å². The highest BCUT2D eigenvalue weighted by Gasteiger charge is 2.29. The molecule has 1 aliphatic heterocycles. The summed E-state index contributed by atoms with van der Waals surface area (Å²) in [6, 6.07) is 11.5. The number of methoxy groups -OCH3 is 1. The molecule has 0 radical (unpaired) electrons. The molecule has 0 bridgehead atoms. The lowest BCUT2D eigenvalue weighted by molar-refractivity contribution is -0.151. The van der Waals surface area contributed by atoms with Gasteiger partial charge in [0.2, 0.25) is 5.91 Å². The second kappa shape index (κ2) is 14.3. The van der Waals surface area contributed by atoms with Gasteiger partial charge in [0.05, 0.1) is 19.3 Å². The van der Waals surface area contributed by atoms with E-state index in [0.29, 0.717) is 36.5 Å². The van der Waals surface area contributed by atoms with E-state index in [9.17, 15) is 19.2 Å². The molecule has 0 saturated carbocycles. The largest absolute Gasteiger partial charge is 0.495 e. The minimum absolute atomic E-state index is 0.0727. The summed E-state index contributed by atoms with van der Waals surface area (Å²) in [6.45, 7) is 10.4. The fraction of sp³-hybridized carbons (Fsp3) is 0.529. The maximum absolute atomic E-state index is 13.7. The normalized spacial score (nSPS) is 14.4. The zero-order valence-electron chi connectivity index (χ0n) is 27.6. The average Bonchev–Trinajstić information content (AvgIpc) is 3.42. The molecule has 2 aliphatic rings. The van der Waals surface area contributed by atoms with Crippen molar-refractivity contribution in [1.82, 2.24) is 19.8 Å². The number of ketones is 1. The Balaban J connectivity index is 1.50. The Morgan fingerprint density at radius 1 is 0.978 bits per heavy atom. The summed E-state index contributed by atoms with van der Waals surface area (Å²) in [5.41, 5.74) is 3.77. The van der Waals surface area contributed by atoms with Gasteiger partial charge in [-0.2, -0.15) is 0 Å². The van der Waals surface area contributed by atoms with Crippen LogP contribution in [0.4, 0.5) is 10.5 Å². The van der Waals surface area contributed by atoms with Crippen molar-refractivity contribution in [1.29, 1.82) is 0 Å². The number of carbonyl (C=O) groups is 4. The highest BCUT2D eigenvalue weighted by Crippen LogP contribution is 2.32. The van der Waals surface area contributed by atoms with Gasteiger partial charge in [-0.15, -0.1) is 0 Å². The summed E-state index contributed by atoms with van der Waals surface area (Å²) in [7, 11) is 3.26. The number of hydrogen-bond donors (Lipinski definition) is 1. The van der Waals surface area contributed by atoms with E-state index in [4.69, 9.17) is 9.47 Å². The van der Waals surface area contributed by atoms with Crippen LogP contribution < -0.4 is 10.1 Å². The molecular weight excluding hydrogens is 574 g/mol. The number of ether oxygens (including phenoxy) is 2. The quantitative estimate of drug-likeness (QED) is 0.391. The van der Waals surface area contributed by atoms with Gasteiger partial charge in [-0.25, -0.2) is 9.80 Å². The smallest absolute Gasteiger partial charge is 0.410 e. The summed E-state index contributed by atoms with van der Waals surface area (Å²) in [5.74, 6) is 0.0357. The fourth-order valence-electron chi connectivity index (χ4n) is 5.60. The molecule has 1 N–H and O–H groups in total. The molecule has 3 amide bonds. The number of carbonyl (C=O) groups excluding carboxylic acids is 4. The van der Waals surface area contributed by atoms with Gasteiger partial charge in [-0.05, 0) is 76.3 Å². The summed E-state index contributed by atoms with van der Waals surface area (Å²) in [4.78, 5) is 55.9. The highest BCUT2D eigenvalue weighted by atomic mass is 16.6. The van der Waals surface area contributed by atoms with Crippen LogP contribution in [0, 0.1) is 0 Å². The lowest BCUT2D eigenvalue weighted by atomic mass is 9.90. The van der Waals surface area contributed by atoms with Crippen LogP contribution in [0.25, 0.3) is 0 Å². The van der Waals surface area contributed by atoms with Crippen LogP contribution in [-0.2, 0) is 33.8 Å². The van der Waals surface area contributed by atoms with E-state index in [2.05, 4.69) is 17.4 Å². The molecular formula is C34H47N5O6. The van der Waals surface area contributed by atoms with Gasteiger partial charge < -0.3 is 24.6 Å². The van der Waals surface area contributed by atoms with Crippen molar-refractivity contribution in [2.75, 3.05) is 45.7 Å². The second-order valence-corrected chi connectivity index (χ2v) is 12.9. The van der Waals surface area contributed by atoms with Crippen molar-refractivity contribution >= 4 is 29.4 Å². The molecule has 45 heavy (non-hydrogen) atoms. The Morgan fingerprint density at radius 3 is 2.24 bits per heavy atom. The zero-order chi connectivity index (χ0) is 32.9. The standard InChI is InChI=1S/C34H47N5O6/c1-23(2)39(33(43)45-34(3,4)5)16-15-37(22-32(42)36(6)38-20-25-11-8-9-12-26(25)21-38)31(41)19-35-28-18-27-24(17-30(28)44-7)13-10-14-29(27)40/h8-9,11-12,17-18,23,35H,10,13-16,19-22H2,1-7H3. The van der Waals surface area contributed by atoms with Gasteiger partial charge in [0, 0.05) is 51.3 Å². The number of amides is 3. The third-order valence-electron chi connectivity index (χ3n) is 8.16. The Kier molecular flexibility index (Phi) is 10.7. The molecule has 1 aliphatic carbocycles. The van der Waals surface area contributed by atoms with Gasteiger partial charge in [-0.3, -0.25) is 19.4 Å². The zero-order valence-corrected chi connectivity index (χ0v) is 27.6. The Morgan fingerprint density at radius 2 is 1.64 bits per heavy atom. The van der Waals surface area contributed by atoms with E-state index >= 15 is 0 Å². The lowest BCUT2D eigenvalue weighted by Gasteiger charge is -2.33. The van der Waals surface area contributed by atoms with Crippen LogP contribution in [-0.4, -0.2) is 95.5 Å². The summed E-state index contributed by atoms with van der Waals surface area (Å²) < 4.78 is 11.2. The van der Waals surface area contributed by atoms with Crippen molar-refractivity contribution in [3.63, 3.8) is 0 Å². The van der Waals surface area contributed by atoms with E-state index in [0.717, 1.165) is 29.5 Å². The van der Waals surface area contributed by atoms with Crippen molar-refractivity contribution in [3.05, 3.63) is 58.7 Å². The molecule has 11 nitrogen and oxygen atoms in total. The van der Waals surface area contributed by atoms with E-state index in [1.54, 1.807) is 50.9 Å². The van der Waals surface area contributed by atoms with Crippen molar-refractivity contribution in [2.45, 2.75) is 78.6 Å². The maximum Gasteiger partial charge on any atom is 0.410 e. The fourth-order valence-corrected chi connectivity index (χ4v) is 5.60. The number of Topliss-reactive ketones (excluding diaryl/α,β-unsaturated/α-hetero) is 1. The number of nitrogens with one attached hydrogen (secondary N) is 1. The van der Waals surface area contributed by atoms with E-state index < -0.39 is 11.7 Å². The maximum atomic E-state index is 13.7. The van der Waals surface area contributed by atoms with Gasteiger partial charge >= 0.3 is 6.09 Å². The third-order valence-corrected chi connectivity index (χ3v) is 8.16. The number of likely N-dealkylation sites (N-methyl/N-ethyl adjacent to an activating group) is 1.